The summed E-state index contributed by atoms with van der Waals surface area (Å²) in [5, 5.41) is 0. The number of hydrogen-bond donors (Lipinski definition) is 0. The minimum atomic E-state index is 0.504. The molecule has 0 aliphatic rings. The van der Waals surface area contributed by atoms with Gasteiger partial charge in [0.25, 0.3) is 0 Å². The summed E-state index contributed by atoms with van der Waals surface area (Å²) in [6.45, 7) is 1.05. The largest absolute Gasteiger partial charge is 0.497 e. The molecule has 0 fully saturated rings. The standard InChI is InChI=1S/C14H14BrNO2/c1-17-14-4-2-3-11(7-14)9-18-10-13-6-5-12(15)8-16-13/h2-8H,9-10H2,1H3. The molecule has 1 heterocycles. The average molecular weight is 308 g/mol. The Labute approximate surface area is 115 Å². The van der Waals surface area contributed by atoms with Crippen molar-refractivity contribution < 1.29 is 9.47 Å². The van der Waals surface area contributed by atoms with Crippen molar-refractivity contribution in [1.82, 2.24) is 4.98 Å². The van der Waals surface area contributed by atoms with Gasteiger partial charge in [-0.25, -0.2) is 0 Å². The van der Waals surface area contributed by atoms with Gasteiger partial charge >= 0.3 is 0 Å². The van der Waals surface area contributed by atoms with Gasteiger partial charge in [-0.3, -0.25) is 4.98 Å². The van der Waals surface area contributed by atoms with Crippen LogP contribution in [0.4, 0.5) is 0 Å². The molecule has 0 spiro atoms. The van der Waals surface area contributed by atoms with E-state index in [0.717, 1.165) is 21.5 Å². The number of rotatable bonds is 5. The van der Waals surface area contributed by atoms with Gasteiger partial charge in [-0.05, 0) is 45.8 Å². The first-order valence-corrected chi connectivity index (χ1v) is 6.38. The number of pyridine rings is 1. The van der Waals surface area contributed by atoms with Crippen molar-refractivity contribution >= 4 is 15.9 Å². The third-order valence-electron chi connectivity index (χ3n) is 2.44. The molecular weight excluding hydrogens is 294 g/mol. The van der Waals surface area contributed by atoms with Gasteiger partial charge in [0.05, 0.1) is 26.0 Å². The highest BCUT2D eigenvalue weighted by Crippen LogP contribution is 2.14. The van der Waals surface area contributed by atoms with Crippen LogP contribution in [0.2, 0.25) is 0 Å². The Bertz CT molecular complexity index is 499. The molecule has 1 aromatic carbocycles. The minimum Gasteiger partial charge on any atom is -0.497 e. The van der Waals surface area contributed by atoms with E-state index in [9.17, 15) is 0 Å². The fourth-order valence-electron chi connectivity index (χ4n) is 1.53. The molecule has 0 saturated carbocycles. The van der Waals surface area contributed by atoms with Gasteiger partial charge in [-0.15, -0.1) is 0 Å². The van der Waals surface area contributed by atoms with Crippen LogP contribution >= 0.6 is 15.9 Å². The summed E-state index contributed by atoms with van der Waals surface area (Å²) in [4.78, 5) is 4.25. The maximum Gasteiger partial charge on any atom is 0.119 e. The predicted octanol–water partition coefficient (Wildman–Crippen LogP) is 3.57. The Balaban J connectivity index is 1.86. The molecule has 0 bridgehead atoms. The molecule has 0 unspecified atom stereocenters. The van der Waals surface area contributed by atoms with E-state index < -0.39 is 0 Å². The van der Waals surface area contributed by atoms with Crippen LogP contribution in [0.5, 0.6) is 5.75 Å². The number of nitrogens with zero attached hydrogens (tertiary/aromatic N) is 1. The van der Waals surface area contributed by atoms with E-state index in [0.29, 0.717) is 13.2 Å². The summed E-state index contributed by atoms with van der Waals surface area (Å²) >= 11 is 3.35. The lowest BCUT2D eigenvalue weighted by molar-refractivity contribution is 0.104. The number of ether oxygens (including phenoxy) is 2. The molecule has 0 radical (unpaired) electrons. The number of benzene rings is 1. The zero-order chi connectivity index (χ0) is 12.8. The number of hydrogen-bond acceptors (Lipinski definition) is 3. The van der Waals surface area contributed by atoms with Crippen molar-refractivity contribution in [1.29, 1.82) is 0 Å². The minimum absolute atomic E-state index is 0.504. The first-order chi connectivity index (χ1) is 8.78. The molecule has 0 amide bonds. The molecule has 94 valence electrons. The molecule has 0 aliphatic heterocycles. The van der Waals surface area contributed by atoms with E-state index in [2.05, 4.69) is 20.9 Å². The van der Waals surface area contributed by atoms with Gasteiger partial charge in [0.1, 0.15) is 5.75 Å². The number of methoxy groups -OCH3 is 1. The normalized spacial score (nSPS) is 10.3. The fourth-order valence-corrected chi connectivity index (χ4v) is 1.76. The Morgan fingerprint density at radius 2 is 2.06 bits per heavy atom. The van der Waals surface area contributed by atoms with Gasteiger partial charge in [0, 0.05) is 10.7 Å². The highest BCUT2D eigenvalue weighted by atomic mass is 79.9. The van der Waals surface area contributed by atoms with E-state index in [1.807, 2.05) is 36.4 Å². The van der Waals surface area contributed by atoms with Crippen LogP contribution < -0.4 is 4.74 Å². The lowest BCUT2D eigenvalue weighted by Gasteiger charge is -2.06. The Morgan fingerprint density at radius 1 is 1.17 bits per heavy atom. The summed E-state index contributed by atoms with van der Waals surface area (Å²) < 4.78 is 11.7. The fraction of sp³-hybridized carbons (Fsp3) is 0.214. The lowest BCUT2D eigenvalue weighted by Crippen LogP contribution is -1.96. The molecule has 0 saturated heterocycles. The van der Waals surface area contributed by atoms with E-state index >= 15 is 0 Å². The van der Waals surface area contributed by atoms with Crippen molar-refractivity contribution in [2.75, 3.05) is 7.11 Å². The molecule has 1 aromatic heterocycles. The van der Waals surface area contributed by atoms with Gasteiger partial charge in [0.2, 0.25) is 0 Å². The summed E-state index contributed by atoms with van der Waals surface area (Å²) in [7, 11) is 1.66. The summed E-state index contributed by atoms with van der Waals surface area (Å²) in [5.41, 5.74) is 2.01. The monoisotopic (exact) mass is 307 g/mol. The van der Waals surface area contributed by atoms with Crippen LogP contribution in [-0.2, 0) is 18.0 Å². The number of aromatic nitrogens is 1. The lowest BCUT2D eigenvalue weighted by atomic mass is 10.2. The van der Waals surface area contributed by atoms with Gasteiger partial charge in [0.15, 0.2) is 0 Å². The summed E-state index contributed by atoms with van der Waals surface area (Å²) in [6.07, 6.45) is 1.77. The topological polar surface area (TPSA) is 31.4 Å². The second-order valence-electron chi connectivity index (χ2n) is 3.81. The highest BCUT2D eigenvalue weighted by molar-refractivity contribution is 9.10. The second-order valence-corrected chi connectivity index (χ2v) is 4.73. The number of halogens is 1. The Hall–Kier alpha value is -1.39. The molecule has 4 heteroatoms. The third-order valence-corrected chi connectivity index (χ3v) is 2.91. The van der Waals surface area contributed by atoms with E-state index in [4.69, 9.17) is 9.47 Å². The van der Waals surface area contributed by atoms with Crippen molar-refractivity contribution in [3.8, 4) is 5.75 Å². The van der Waals surface area contributed by atoms with Gasteiger partial charge in [-0.1, -0.05) is 12.1 Å². The maximum atomic E-state index is 5.61. The molecule has 3 nitrogen and oxygen atoms in total. The summed E-state index contributed by atoms with van der Waals surface area (Å²) in [5.74, 6) is 0.845. The molecule has 2 aromatic rings. The van der Waals surface area contributed by atoms with Crippen molar-refractivity contribution in [2.24, 2.45) is 0 Å². The maximum absolute atomic E-state index is 5.61. The van der Waals surface area contributed by atoms with Crippen LogP contribution in [0.25, 0.3) is 0 Å². The van der Waals surface area contributed by atoms with Gasteiger partial charge < -0.3 is 9.47 Å². The van der Waals surface area contributed by atoms with Crippen molar-refractivity contribution in [2.45, 2.75) is 13.2 Å². The molecular formula is C14H14BrNO2. The van der Waals surface area contributed by atoms with Crippen LogP contribution in [-0.4, -0.2) is 12.1 Å². The van der Waals surface area contributed by atoms with Crippen molar-refractivity contribution in [3.63, 3.8) is 0 Å². The molecule has 2 rings (SSSR count). The van der Waals surface area contributed by atoms with Crippen LogP contribution in [0.15, 0.2) is 47.1 Å². The Morgan fingerprint density at radius 3 is 2.78 bits per heavy atom. The molecule has 0 atom stereocenters. The van der Waals surface area contributed by atoms with Gasteiger partial charge in [-0.2, -0.15) is 0 Å². The zero-order valence-electron chi connectivity index (χ0n) is 10.1. The zero-order valence-corrected chi connectivity index (χ0v) is 11.7. The van der Waals surface area contributed by atoms with E-state index in [-0.39, 0.29) is 0 Å². The average Bonchev–Trinajstić information content (AvgIpc) is 2.41. The van der Waals surface area contributed by atoms with E-state index in [1.54, 1.807) is 13.3 Å². The second kappa shape index (κ2) is 6.52. The first-order valence-electron chi connectivity index (χ1n) is 5.59. The third kappa shape index (κ3) is 3.82. The smallest absolute Gasteiger partial charge is 0.119 e. The molecule has 0 aliphatic carbocycles. The molecule has 0 N–H and O–H groups in total. The van der Waals surface area contributed by atoms with Crippen LogP contribution in [0, 0.1) is 0 Å². The first kappa shape index (κ1) is 13.1. The van der Waals surface area contributed by atoms with Crippen molar-refractivity contribution in [3.05, 3.63) is 58.3 Å². The summed E-state index contributed by atoms with van der Waals surface area (Å²) in [6, 6.07) is 11.7. The highest BCUT2D eigenvalue weighted by Gasteiger charge is 1.98. The molecule has 18 heavy (non-hydrogen) atoms. The Kier molecular flexibility index (Phi) is 4.73. The van der Waals surface area contributed by atoms with E-state index in [1.165, 1.54) is 0 Å². The van der Waals surface area contributed by atoms with Crippen LogP contribution in [0.1, 0.15) is 11.3 Å². The SMILES string of the molecule is COc1cccc(COCc2ccc(Br)cn2)c1. The van der Waals surface area contributed by atoms with Crippen LogP contribution in [0.3, 0.4) is 0 Å². The predicted molar refractivity (Wildman–Crippen MR) is 73.4 cm³/mol. The quantitative estimate of drug-likeness (QED) is 0.846.